The van der Waals surface area contributed by atoms with E-state index in [0.29, 0.717) is 17.3 Å². The fourth-order valence-corrected chi connectivity index (χ4v) is 2.72. The lowest BCUT2D eigenvalue weighted by molar-refractivity contribution is -0.134. The zero-order valence-electron chi connectivity index (χ0n) is 15.4. The summed E-state index contributed by atoms with van der Waals surface area (Å²) in [5, 5.41) is 3.56. The molecule has 1 aromatic heterocycles. The first-order chi connectivity index (χ1) is 12.9. The predicted octanol–water partition coefficient (Wildman–Crippen LogP) is 4.06. The molecule has 2 aromatic carbocycles. The number of hydrogen-bond acceptors (Lipinski definition) is 3. The molecule has 0 aliphatic heterocycles. The van der Waals surface area contributed by atoms with Crippen LogP contribution in [0.3, 0.4) is 0 Å². The summed E-state index contributed by atoms with van der Waals surface area (Å²) >= 11 is 5.87. The monoisotopic (exact) mass is 383 g/mol. The molecule has 0 aliphatic rings. The summed E-state index contributed by atoms with van der Waals surface area (Å²) in [4.78, 5) is 16.6. The second-order valence-electron chi connectivity index (χ2n) is 6.80. The fourth-order valence-electron chi connectivity index (χ4n) is 2.59. The van der Waals surface area contributed by atoms with E-state index in [2.05, 4.69) is 22.4 Å². The average Bonchev–Trinajstić information content (AvgIpc) is 3.15. The Bertz CT molecular complexity index is 873. The molecule has 0 bridgehead atoms. The summed E-state index contributed by atoms with van der Waals surface area (Å²) in [6.07, 6.45) is 5.48. The van der Waals surface area contributed by atoms with Gasteiger partial charge in [0, 0.05) is 30.5 Å². The maximum atomic E-state index is 12.5. The van der Waals surface area contributed by atoms with E-state index in [-0.39, 0.29) is 5.91 Å². The minimum atomic E-state index is -0.991. The largest absolute Gasteiger partial charge is 0.478 e. The first kappa shape index (κ1) is 19.0. The molecular weight excluding hydrogens is 362 g/mol. The van der Waals surface area contributed by atoms with Crippen LogP contribution in [0.5, 0.6) is 5.75 Å². The number of imidazole rings is 1. The lowest BCUT2D eigenvalue weighted by atomic mass is 10.1. The number of rotatable bonds is 7. The lowest BCUT2D eigenvalue weighted by Gasteiger charge is -2.25. The number of ether oxygens (including phenoxy) is 1. The molecule has 0 saturated heterocycles. The number of nitrogens with one attached hydrogen (secondary N) is 1. The highest BCUT2D eigenvalue weighted by Gasteiger charge is 2.29. The van der Waals surface area contributed by atoms with Crippen molar-refractivity contribution in [1.82, 2.24) is 14.9 Å². The van der Waals surface area contributed by atoms with E-state index in [4.69, 9.17) is 16.3 Å². The van der Waals surface area contributed by atoms with Gasteiger partial charge >= 0.3 is 0 Å². The molecule has 0 fully saturated rings. The van der Waals surface area contributed by atoms with Crippen LogP contribution in [0, 0.1) is 0 Å². The number of amides is 1. The van der Waals surface area contributed by atoms with E-state index in [9.17, 15) is 4.79 Å². The van der Waals surface area contributed by atoms with Gasteiger partial charge in [0.05, 0.1) is 6.33 Å². The number of carbonyl (C=O) groups excluding carboxylic acids is 1. The van der Waals surface area contributed by atoms with Crippen LogP contribution in [0.1, 0.15) is 25.0 Å². The van der Waals surface area contributed by atoms with Crippen molar-refractivity contribution in [2.24, 2.45) is 0 Å². The summed E-state index contributed by atoms with van der Waals surface area (Å²) in [5.41, 5.74) is 1.21. The normalized spacial score (nSPS) is 11.2. The quantitative estimate of drug-likeness (QED) is 0.669. The molecule has 6 heteroatoms. The van der Waals surface area contributed by atoms with Crippen molar-refractivity contribution >= 4 is 17.5 Å². The van der Waals surface area contributed by atoms with Crippen LogP contribution in [-0.2, 0) is 17.9 Å². The zero-order chi connectivity index (χ0) is 19.3. The molecular formula is C21H22ClN3O2. The summed E-state index contributed by atoms with van der Waals surface area (Å²) in [6.45, 7) is 4.70. The number of benzene rings is 2. The third-order valence-corrected chi connectivity index (χ3v) is 4.39. The Morgan fingerprint density at radius 3 is 2.41 bits per heavy atom. The number of hydrogen-bond donors (Lipinski definition) is 1. The molecule has 0 unspecified atom stereocenters. The Morgan fingerprint density at radius 2 is 1.78 bits per heavy atom. The van der Waals surface area contributed by atoms with Gasteiger partial charge in [-0.1, -0.05) is 35.9 Å². The Hall–Kier alpha value is -2.79. The number of halogens is 1. The van der Waals surface area contributed by atoms with Crippen molar-refractivity contribution in [3.05, 3.63) is 83.4 Å². The molecule has 0 spiro atoms. The average molecular weight is 384 g/mol. The maximum Gasteiger partial charge on any atom is 0.263 e. The molecule has 1 N–H and O–H groups in total. The summed E-state index contributed by atoms with van der Waals surface area (Å²) in [6, 6.07) is 15.1. The number of carbonyl (C=O) groups is 1. The van der Waals surface area contributed by atoms with Crippen molar-refractivity contribution in [2.75, 3.05) is 0 Å². The molecule has 3 rings (SSSR count). The summed E-state index contributed by atoms with van der Waals surface area (Å²) in [5.74, 6) is 0.420. The second kappa shape index (κ2) is 8.27. The molecule has 27 heavy (non-hydrogen) atoms. The molecule has 0 saturated carbocycles. The number of aromatic nitrogens is 2. The SMILES string of the molecule is CC(C)(Oc1ccc(Cl)cc1)C(=O)NCc1ccc(Cn2ccnc2)cc1. The summed E-state index contributed by atoms with van der Waals surface area (Å²) in [7, 11) is 0. The first-order valence-electron chi connectivity index (χ1n) is 8.69. The van der Waals surface area contributed by atoms with E-state index in [1.807, 2.05) is 22.9 Å². The molecule has 1 amide bonds. The maximum absolute atomic E-state index is 12.5. The lowest BCUT2D eigenvalue weighted by Crippen LogP contribution is -2.46. The minimum absolute atomic E-state index is 0.181. The predicted molar refractivity (Wildman–Crippen MR) is 106 cm³/mol. The molecule has 140 valence electrons. The van der Waals surface area contributed by atoms with Gasteiger partial charge in [0.2, 0.25) is 0 Å². The number of nitrogens with zero attached hydrogens (tertiary/aromatic N) is 2. The Kier molecular flexibility index (Phi) is 5.81. The van der Waals surface area contributed by atoms with Gasteiger partial charge in [-0.2, -0.15) is 0 Å². The van der Waals surface area contributed by atoms with Crippen molar-refractivity contribution in [1.29, 1.82) is 0 Å². The smallest absolute Gasteiger partial charge is 0.263 e. The molecule has 5 nitrogen and oxygen atoms in total. The standard InChI is InChI=1S/C21H22ClN3O2/c1-21(2,27-19-9-7-18(22)8-10-19)20(26)24-13-16-3-5-17(6-4-16)14-25-12-11-23-15-25/h3-12,15H,13-14H2,1-2H3,(H,24,26). The highest BCUT2D eigenvalue weighted by molar-refractivity contribution is 6.30. The van der Waals surface area contributed by atoms with E-state index in [0.717, 1.165) is 12.1 Å². The van der Waals surface area contributed by atoms with Gasteiger partial charge in [-0.25, -0.2) is 4.98 Å². The van der Waals surface area contributed by atoms with Crippen LogP contribution in [0.15, 0.2) is 67.3 Å². The van der Waals surface area contributed by atoms with Crippen molar-refractivity contribution < 1.29 is 9.53 Å². The van der Waals surface area contributed by atoms with Gasteiger partial charge in [0.15, 0.2) is 5.60 Å². The van der Waals surface area contributed by atoms with Gasteiger partial charge in [-0.3, -0.25) is 4.79 Å². The zero-order valence-corrected chi connectivity index (χ0v) is 16.1. The second-order valence-corrected chi connectivity index (χ2v) is 7.24. The van der Waals surface area contributed by atoms with Gasteiger partial charge in [0.25, 0.3) is 5.91 Å². The summed E-state index contributed by atoms with van der Waals surface area (Å²) < 4.78 is 7.81. The molecule has 1 heterocycles. The van der Waals surface area contributed by atoms with Gasteiger partial charge in [0.1, 0.15) is 5.75 Å². The van der Waals surface area contributed by atoms with Crippen LogP contribution in [0.25, 0.3) is 0 Å². The highest BCUT2D eigenvalue weighted by atomic mass is 35.5. The van der Waals surface area contributed by atoms with E-state index in [1.165, 1.54) is 5.56 Å². The third-order valence-electron chi connectivity index (χ3n) is 4.13. The molecule has 0 atom stereocenters. The molecule has 0 radical (unpaired) electrons. The van der Waals surface area contributed by atoms with Crippen LogP contribution >= 0.6 is 11.6 Å². The Labute approximate surface area is 164 Å². The van der Waals surface area contributed by atoms with Gasteiger partial charge in [-0.15, -0.1) is 0 Å². The van der Waals surface area contributed by atoms with Crippen molar-refractivity contribution in [3.63, 3.8) is 0 Å². The molecule has 0 aliphatic carbocycles. The van der Waals surface area contributed by atoms with Crippen molar-refractivity contribution in [2.45, 2.75) is 32.5 Å². The topological polar surface area (TPSA) is 56.1 Å². The van der Waals surface area contributed by atoms with Crippen LogP contribution in [0.4, 0.5) is 0 Å². The van der Waals surface area contributed by atoms with Gasteiger partial charge < -0.3 is 14.6 Å². The van der Waals surface area contributed by atoms with Gasteiger partial charge in [-0.05, 0) is 49.2 Å². The van der Waals surface area contributed by atoms with E-state index < -0.39 is 5.60 Å². The van der Waals surface area contributed by atoms with Crippen molar-refractivity contribution in [3.8, 4) is 5.75 Å². The highest BCUT2D eigenvalue weighted by Crippen LogP contribution is 2.21. The minimum Gasteiger partial charge on any atom is -0.478 e. The Morgan fingerprint density at radius 1 is 1.11 bits per heavy atom. The third kappa shape index (κ3) is 5.34. The van der Waals surface area contributed by atoms with E-state index >= 15 is 0 Å². The van der Waals surface area contributed by atoms with Crippen LogP contribution in [0.2, 0.25) is 5.02 Å². The fraction of sp³-hybridized carbons (Fsp3) is 0.238. The van der Waals surface area contributed by atoms with E-state index in [1.54, 1.807) is 50.6 Å². The molecule has 3 aromatic rings. The Balaban J connectivity index is 1.53. The van der Waals surface area contributed by atoms with Crippen LogP contribution < -0.4 is 10.1 Å². The first-order valence-corrected chi connectivity index (χ1v) is 9.07. The van der Waals surface area contributed by atoms with Crippen LogP contribution in [-0.4, -0.2) is 21.1 Å².